The number of nitrogens with zero attached hydrogens (tertiary/aromatic N) is 3. The van der Waals surface area contributed by atoms with E-state index in [0.29, 0.717) is 11.8 Å². The number of anilines is 1. The van der Waals surface area contributed by atoms with Crippen LogP contribution >= 0.6 is 0 Å². The molecule has 3 aliphatic carbocycles. The zero-order valence-electron chi connectivity index (χ0n) is 19.8. The maximum absolute atomic E-state index is 16.3. The average molecular weight is 498 g/mol. The lowest BCUT2D eigenvalue weighted by molar-refractivity contribution is 0.157. The van der Waals surface area contributed by atoms with Gasteiger partial charge < -0.3 is 10.3 Å². The van der Waals surface area contributed by atoms with Gasteiger partial charge in [-0.15, -0.1) is 0 Å². The minimum atomic E-state index is -0.784. The molecule has 2 bridgehead atoms. The second-order valence-corrected chi connectivity index (χ2v) is 9.92. The summed E-state index contributed by atoms with van der Waals surface area (Å²) in [6, 6.07) is 12.6. The minimum absolute atomic E-state index is 0.0273. The number of rotatable bonds is 4. The van der Waals surface area contributed by atoms with E-state index in [1.165, 1.54) is 19.0 Å². The number of aromatic nitrogens is 2. The maximum atomic E-state index is 16.3. The number of pyridine rings is 1. The van der Waals surface area contributed by atoms with Crippen molar-refractivity contribution in [2.75, 3.05) is 5.32 Å². The summed E-state index contributed by atoms with van der Waals surface area (Å²) in [6.45, 7) is 0. The number of fused-ring (bicyclic) bond motifs is 4. The highest BCUT2D eigenvalue weighted by atomic mass is 19.1. The van der Waals surface area contributed by atoms with Crippen LogP contribution in [0.5, 0.6) is 0 Å². The van der Waals surface area contributed by atoms with E-state index in [4.69, 9.17) is 0 Å². The largest absolute Gasteiger partial charge is 0.365 e. The Morgan fingerprint density at radius 2 is 1.76 bits per heavy atom. The van der Waals surface area contributed by atoms with E-state index < -0.39 is 17.5 Å². The molecule has 4 aromatic rings. The molecule has 184 valence electrons. The minimum Gasteiger partial charge on any atom is -0.365 e. The van der Waals surface area contributed by atoms with Crippen LogP contribution in [0.1, 0.15) is 43.2 Å². The van der Waals surface area contributed by atoms with E-state index in [0.717, 1.165) is 31.4 Å². The number of aromatic amines is 1. The molecule has 5 nitrogen and oxygen atoms in total. The smallest absolute Gasteiger partial charge is 0.174 e. The summed E-state index contributed by atoms with van der Waals surface area (Å²) in [5.41, 5.74) is 0.715. The van der Waals surface area contributed by atoms with Gasteiger partial charge in [-0.1, -0.05) is 31.0 Å². The van der Waals surface area contributed by atoms with E-state index in [2.05, 4.69) is 27.4 Å². The Kier molecular flexibility index (Phi) is 5.61. The molecule has 3 fully saturated rings. The van der Waals surface area contributed by atoms with Crippen LogP contribution in [0.15, 0.2) is 42.6 Å². The van der Waals surface area contributed by atoms with Crippen LogP contribution in [-0.4, -0.2) is 16.0 Å². The van der Waals surface area contributed by atoms with Crippen molar-refractivity contribution < 1.29 is 13.2 Å². The van der Waals surface area contributed by atoms with Crippen LogP contribution in [0.3, 0.4) is 0 Å². The van der Waals surface area contributed by atoms with Crippen LogP contribution in [0.4, 0.5) is 19.0 Å². The molecule has 0 spiro atoms. The molecule has 1 atom stereocenters. The van der Waals surface area contributed by atoms with E-state index >= 15 is 4.39 Å². The molecule has 8 heteroatoms. The van der Waals surface area contributed by atoms with Gasteiger partial charge in [-0.05, 0) is 43.2 Å². The molecule has 2 aromatic heterocycles. The Hall–Kier alpha value is -4.30. The number of nitrogens with one attached hydrogen (secondary N) is 2. The SMILES string of the molecule is N#Cc1ccccc1-c1c(F)c(NC2CC3CCC2CC3)nc(-c2c[nH]c3c(F)cc(F)cc23)c1C#N. The van der Waals surface area contributed by atoms with Crippen molar-refractivity contribution in [1.29, 1.82) is 10.5 Å². The third-order valence-corrected chi connectivity index (χ3v) is 7.90. The summed E-state index contributed by atoms with van der Waals surface area (Å²) in [5.74, 6) is -1.33. The van der Waals surface area contributed by atoms with Crippen molar-refractivity contribution in [1.82, 2.24) is 9.97 Å². The first-order valence-electron chi connectivity index (χ1n) is 12.3. The Balaban J connectivity index is 1.61. The van der Waals surface area contributed by atoms with E-state index in [9.17, 15) is 19.3 Å². The predicted octanol–water partition coefficient (Wildman–Crippen LogP) is 7.05. The van der Waals surface area contributed by atoms with Crippen LogP contribution in [0.2, 0.25) is 0 Å². The van der Waals surface area contributed by atoms with E-state index in [1.807, 2.05) is 0 Å². The molecule has 3 aliphatic rings. The normalized spacial score (nSPS) is 20.5. The average Bonchev–Trinajstić information content (AvgIpc) is 3.34. The number of halogens is 3. The van der Waals surface area contributed by atoms with Gasteiger partial charge in [0.15, 0.2) is 11.6 Å². The van der Waals surface area contributed by atoms with Gasteiger partial charge >= 0.3 is 0 Å². The van der Waals surface area contributed by atoms with Gasteiger partial charge in [0, 0.05) is 40.4 Å². The lowest BCUT2D eigenvalue weighted by Crippen LogP contribution is -2.40. The first-order chi connectivity index (χ1) is 18.0. The third kappa shape index (κ3) is 3.81. The summed E-state index contributed by atoms with van der Waals surface area (Å²) in [4.78, 5) is 7.35. The Morgan fingerprint density at radius 1 is 0.973 bits per heavy atom. The molecular weight excluding hydrogens is 475 g/mol. The van der Waals surface area contributed by atoms with Gasteiger partial charge in [0.1, 0.15) is 17.7 Å². The summed E-state index contributed by atoms with van der Waals surface area (Å²) < 4.78 is 44.9. The highest BCUT2D eigenvalue weighted by Crippen LogP contribution is 2.44. The van der Waals surface area contributed by atoms with E-state index in [1.54, 1.807) is 24.3 Å². The molecule has 2 heterocycles. The molecule has 2 aromatic carbocycles. The van der Waals surface area contributed by atoms with Crippen LogP contribution in [-0.2, 0) is 0 Å². The first-order valence-corrected chi connectivity index (χ1v) is 12.3. The number of hydrogen-bond donors (Lipinski definition) is 2. The van der Waals surface area contributed by atoms with Crippen molar-refractivity contribution in [2.45, 2.75) is 38.1 Å². The monoisotopic (exact) mass is 497 g/mol. The first kappa shape index (κ1) is 23.1. The number of H-pyrrole nitrogens is 1. The molecule has 7 rings (SSSR count). The van der Waals surface area contributed by atoms with Crippen molar-refractivity contribution in [2.24, 2.45) is 11.8 Å². The number of benzene rings is 2. The Morgan fingerprint density at radius 3 is 2.46 bits per heavy atom. The number of hydrogen-bond acceptors (Lipinski definition) is 4. The van der Waals surface area contributed by atoms with Crippen molar-refractivity contribution in [3.8, 4) is 34.5 Å². The molecule has 37 heavy (non-hydrogen) atoms. The summed E-state index contributed by atoms with van der Waals surface area (Å²) in [5, 5.41) is 23.4. The highest BCUT2D eigenvalue weighted by molar-refractivity contribution is 5.98. The summed E-state index contributed by atoms with van der Waals surface area (Å²) in [7, 11) is 0. The fourth-order valence-corrected chi connectivity index (χ4v) is 6.10. The Bertz CT molecular complexity index is 1620. The maximum Gasteiger partial charge on any atom is 0.174 e. The van der Waals surface area contributed by atoms with Crippen LogP contribution in [0, 0.1) is 51.9 Å². The molecule has 0 saturated heterocycles. The molecule has 3 saturated carbocycles. The molecule has 2 N–H and O–H groups in total. The van der Waals surface area contributed by atoms with Gasteiger partial charge in [-0.3, -0.25) is 0 Å². The quantitative estimate of drug-likeness (QED) is 0.316. The van der Waals surface area contributed by atoms with Gasteiger partial charge in [0.05, 0.1) is 28.4 Å². The summed E-state index contributed by atoms with van der Waals surface area (Å²) in [6.07, 6.45) is 6.83. The third-order valence-electron chi connectivity index (χ3n) is 7.90. The molecule has 0 radical (unpaired) electrons. The number of nitriles is 2. The Labute approximate surface area is 211 Å². The summed E-state index contributed by atoms with van der Waals surface area (Å²) >= 11 is 0. The molecule has 0 amide bonds. The lowest BCUT2D eigenvalue weighted by atomic mass is 9.68. The van der Waals surface area contributed by atoms with Gasteiger partial charge in [0.2, 0.25) is 0 Å². The van der Waals surface area contributed by atoms with Crippen LogP contribution < -0.4 is 5.32 Å². The van der Waals surface area contributed by atoms with Crippen LogP contribution in [0.25, 0.3) is 33.3 Å². The lowest BCUT2D eigenvalue weighted by Gasteiger charge is -2.43. The standard InChI is InChI=1S/C29H22F3N5/c30-18-10-20-22(14-35-28(20)23(31)11-18)27-21(13-34)25(19-4-2-1-3-17(19)12-33)26(32)29(37-27)36-24-9-15-5-7-16(24)8-6-15/h1-4,10-11,14-16,24,35H,5-9H2,(H,36,37). The predicted molar refractivity (Wildman–Crippen MR) is 134 cm³/mol. The molecule has 0 aliphatic heterocycles. The van der Waals surface area contributed by atoms with Gasteiger partial charge in [0.25, 0.3) is 0 Å². The fraction of sp³-hybridized carbons (Fsp3) is 0.276. The topological polar surface area (TPSA) is 88.3 Å². The zero-order chi connectivity index (χ0) is 25.7. The highest BCUT2D eigenvalue weighted by Gasteiger charge is 2.37. The van der Waals surface area contributed by atoms with Crippen molar-refractivity contribution >= 4 is 16.7 Å². The van der Waals surface area contributed by atoms with Gasteiger partial charge in [-0.2, -0.15) is 10.5 Å². The second-order valence-electron chi connectivity index (χ2n) is 9.92. The zero-order valence-corrected chi connectivity index (χ0v) is 19.8. The second kappa shape index (κ2) is 8.97. The molecule has 1 unspecified atom stereocenters. The van der Waals surface area contributed by atoms with E-state index in [-0.39, 0.29) is 56.3 Å². The van der Waals surface area contributed by atoms with Gasteiger partial charge in [-0.25, -0.2) is 18.2 Å². The fourth-order valence-electron chi connectivity index (χ4n) is 6.10. The van der Waals surface area contributed by atoms with Crippen molar-refractivity contribution in [3.05, 3.63) is 71.2 Å². The molecular formula is C29H22F3N5. The van der Waals surface area contributed by atoms with Crippen molar-refractivity contribution in [3.63, 3.8) is 0 Å².